The van der Waals surface area contributed by atoms with E-state index in [0.29, 0.717) is 0 Å². The summed E-state index contributed by atoms with van der Waals surface area (Å²) in [4.78, 5) is 11.2. The van der Waals surface area contributed by atoms with Crippen molar-refractivity contribution in [3.05, 3.63) is 29.6 Å². The number of methoxy groups -OCH3 is 1. The van der Waals surface area contributed by atoms with Crippen LogP contribution in [0, 0.1) is 5.82 Å². The van der Waals surface area contributed by atoms with Crippen LogP contribution in [0.25, 0.3) is 0 Å². The Balaban J connectivity index is 3.11. The van der Waals surface area contributed by atoms with Crippen molar-refractivity contribution < 1.29 is 27.4 Å². The first kappa shape index (κ1) is 15.3. The molecule has 0 amide bonds. The Hall–Kier alpha value is -1.76. The fourth-order valence-corrected chi connectivity index (χ4v) is 1.49. The summed E-state index contributed by atoms with van der Waals surface area (Å²) in [7, 11) is 1.19. The SMILES string of the molecule is CCOC(=O)C(F)(F)[C@H](N)c1ccc(F)cc1OC. The van der Waals surface area contributed by atoms with Gasteiger partial charge in [0.2, 0.25) is 0 Å². The highest BCUT2D eigenvalue weighted by molar-refractivity contribution is 5.79. The first-order valence-electron chi connectivity index (χ1n) is 5.48. The Labute approximate surface area is 108 Å². The van der Waals surface area contributed by atoms with E-state index in [2.05, 4.69) is 4.74 Å². The Morgan fingerprint density at radius 1 is 1.47 bits per heavy atom. The molecule has 0 aromatic heterocycles. The Morgan fingerprint density at radius 2 is 2.11 bits per heavy atom. The third-order valence-electron chi connectivity index (χ3n) is 2.47. The fraction of sp³-hybridized carbons (Fsp3) is 0.417. The quantitative estimate of drug-likeness (QED) is 0.836. The molecule has 106 valence electrons. The minimum atomic E-state index is -3.93. The second kappa shape index (κ2) is 5.92. The highest BCUT2D eigenvalue weighted by Crippen LogP contribution is 2.35. The van der Waals surface area contributed by atoms with Crippen LogP contribution in [-0.4, -0.2) is 25.6 Å². The molecular formula is C12H14F3NO3. The number of hydrogen-bond acceptors (Lipinski definition) is 4. The summed E-state index contributed by atoms with van der Waals surface area (Å²) in [6, 6.07) is 0.934. The van der Waals surface area contributed by atoms with Crippen LogP contribution in [0.4, 0.5) is 13.2 Å². The van der Waals surface area contributed by atoms with E-state index in [1.165, 1.54) is 14.0 Å². The summed E-state index contributed by atoms with van der Waals surface area (Å²) in [6.45, 7) is 1.21. The molecule has 0 radical (unpaired) electrons. The minimum Gasteiger partial charge on any atom is -0.496 e. The number of rotatable bonds is 5. The lowest BCUT2D eigenvalue weighted by Gasteiger charge is -2.23. The molecule has 0 saturated heterocycles. The fourth-order valence-electron chi connectivity index (χ4n) is 1.49. The second-order valence-electron chi connectivity index (χ2n) is 3.71. The van der Waals surface area contributed by atoms with E-state index in [4.69, 9.17) is 10.5 Å². The van der Waals surface area contributed by atoms with E-state index < -0.39 is 23.8 Å². The molecule has 1 rings (SSSR count). The lowest BCUT2D eigenvalue weighted by Crippen LogP contribution is -2.41. The molecule has 0 heterocycles. The number of nitrogens with two attached hydrogens (primary N) is 1. The highest BCUT2D eigenvalue weighted by atomic mass is 19.3. The van der Waals surface area contributed by atoms with E-state index in [9.17, 15) is 18.0 Å². The van der Waals surface area contributed by atoms with Crippen molar-refractivity contribution in [1.29, 1.82) is 0 Å². The van der Waals surface area contributed by atoms with Crippen LogP contribution in [0.15, 0.2) is 18.2 Å². The van der Waals surface area contributed by atoms with E-state index in [1.807, 2.05) is 0 Å². The van der Waals surface area contributed by atoms with Gasteiger partial charge < -0.3 is 15.2 Å². The zero-order valence-corrected chi connectivity index (χ0v) is 10.5. The van der Waals surface area contributed by atoms with Gasteiger partial charge in [0.1, 0.15) is 17.6 Å². The van der Waals surface area contributed by atoms with Crippen molar-refractivity contribution in [2.24, 2.45) is 5.73 Å². The summed E-state index contributed by atoms with van der Waals surface area (Å²) in [5.74, 6) is -6.47. The predicted octanol–water partition coefficient (Wildman–Crippen LogP) is 2.03. The summed E-state index contributed by atoms with van der Waals surface area (Å²) < 4.78 is 49.5. The molecule has 0 spiro atoms. The van der Waals surface area contributed by atoms with Gasteiger partial charge in [0.25, 0.3) is 0 Å². The van der Waals surface area contributed by atoms with Crippen LogP contribution in [0.5, 0.6) is 5.75 Å². The van der Waals surface area contributed by atoms with Gasteiger partial charge in [-0.1, -0.05) is 6.07 Å². The molecule has 0 aliphatic heterocycles. The number of hydrogen-bond donors (Lipinski definition) is 1. The normalized spacial score (nSPS) is 12.9. The average Bonchev–Trinajstić information content (AvgIpc) is 2.37. The number of esters is 1. The van der Waals surface area contributed by atoms with Crippen molar-refractivity contribution in [1.82, 2.24) is 0 Å². The molecule has 0 unspecified atom stereocenters. The second-order valence-corrected chi connectivity index (χ2v) is 3.71. The Kier molecular flexibility index (Phi) is 4.77. The summed E-state index contributed by atoms with van der Waals surface area (Å²) in [6.07, 6.45) is 0. The van der Waals surface area contributed by atoms with Gasteiger partial charge in [0.05, 0.1) is 13.7 Å². The van der Waals surface area contributed by atoms with Crippen molar-refractivity contribution in [3.8, 4) is 5.75 Å². The van der Waals surface area contributed by atoms with Crippen LogP contribution in [-0.2, 0) is 9.53 Å². The van der Waals surface area contributed by atoms with Crippen LogP contribution in [0.3, 0.4) is 0 Å². The van der Waals surface area contributed by atoms with E-state index in [0.717, 1.165) is 18.2 Å². The number of halogens is 3. The topological polar surface area (TPSA) is 61.5 Å². The molecule has 1 aromatic rings. The number of ether oxygens (including phenoxy) is 2. The van der Waals surface area contributed by atoms with Crippen LogP contribution in [0.2, 0.25) is 0 Å². The molecule has 0 saturated carbocycles. The van der Waals surface area contributed by atoms with Gasteiger partial charge in [0, 0.05) is 11.6 Å². The molecule has 1 aromatic carbocycles. The van der Waals surface area contributed by atoms with Gasteiger partial charge in [-0.25, -0.2) is 9.18 Å². The number of carbonyl (C=O) groups excluding carboxylic acids is 1. The third-order valence-corrected chi connectivity index (χ3v) is 2.47. The van der Waals surface area contributed by atoms with Gasteiger partial charge in [-0.15, -0.1) is 0 Å². The number of benzene rings is 1. The van der Waals surface area contributed by atoms with Crippen LogP contribution < -0.4 is 10.5 Å². The van der Waals surface area contributed by atoms with E-state index >= 15 is 0 Å². The zero-order valence-electron chi connectivity index (χ0n) is 10.5. The van der Waals surface area contributed by atoms with Crippen LogP contribution >= 0.6 is 0 Å². The Morgan fingerprint density at radius 3 is 2.63 bits per heavy atom. The largest absolute Gasteiger partial charge is 0.496 e. The summed E-state index contributed by atoms with van der Waals surface area (Å²) in [5.41, 5.74) is 5.20. The Bertz CT molecular complexity index is 466. The molecule has 19 heavy (non-hydrogen) atoms. The molecule has 1 atom stereocenters. The lowest BCUT2D eigenvalue weighted by atomic mass is 10.0. The minimum absolute atomic E-state index is 0.156. The molecule has 2 N–H and O–H groups in total. The average molecular weight is 277 g/mol. The van der Waals surface area contributed by atoms with Crippen molar-refractivity contribution >= 4 is 5.97 Å². The van der Waals surface area contributed by atoms with E-state index in [-0.39, 0.29) is 17.9 Å². The number of carbonyl (C=O) groups is 1. The summed E-state index contributed by atoms with van der Waals surface area (Å²) >= 11 is 0. The maximum atomic E-state index is 13.8. The van der Waals surface area contributed by atoms with Gasteiger partial charge in [0.15, 0.2) is 0 Å². The van der Waals surface area contributed by atoms with Gasteiger partial charge >= 0.3 is 11.9 Å². The van der Waals surface area contributed by atoms with Crippen molar-refractivity contribution in [3.63, 3.8) is 0 Å². The molecule has 0 fully saturated rings. The zero-order chi connectivity index (χ0) is 14.6. The van der Waals surface area contributed by atoms with Gasteiger partial charge in [-0.3, -0.25) is 0 Å². The summed E-state index contributed by atoms with van der Waals surface area (Å²) in [5, 5.41) is 0. The maximum absolute atomic E-state index is 13.8. The van der Waals surface area contributed by atoms with Crippen molar-refractivity contribution in [2.75, 3.05) is 13.7 Å². The standard InChI is InChI=1S/C12H14F3NO3/c1-3-19-11(17)12(14,15)10(16)8-5-4-7(13)6-9(8)18-2/h4-6,10H,3,16H2,1-2H3/t10-/m1/s1. The molecule has 0 aliphatic carbocycles. The first-order valence-corrected chi connectivity index (χ1v) is 5.48. The smallest absolute Gasteiger partial charge is 0.379 e. The molecule has 0 aliphatic rings. The van der Waals surface area contributed by atoms with Crippen molar-refractivity contribution in [2.45, 2.75) is 18.9 Å². The van der Waals surface area contributed by atoms with Crippen LogP contribution in [0.1, 0.15) is 18.5 Å². The number of alkyl halides is 2. The van der Waals surface area contributed by atoms with Gasteiger partial charge in [-0.2, -0.15) is 8.78 Å². The first-order chi connectivity index (χ1) is 8.84. The molecular weight excluding hydrogens is 263 g/mol. The molecule has 0 bridgehead atoms. The van der Waals surface area contributed by atoms with E-state index in [1.54, 1.807) is 0 Å². The lowest BCUT2D eigenvalue weighted by molar-refractivity contribution is -0.174. The third kappa shape index (κ3) is 3.17. The molecule has 7 heteroatoms. The monoisotopic (exact) mass is 277 g/mol. The highest BCUT2D eigenvalue weighted by Gasteiger charge is 2.48. The molecule has 4 nitrogen and oxygen atoms in total. The van der Waals surface area contributed by atoms with Gasteiger partial charge in [-0.05, 0) is 13.0 Å². The maximum Gasteiger partial charge on any atom is 0.379 e. The predicted molar refractivity (Wildman–Crippen MR) is 61.5 cm³/mol.